The summed E-state index contributed by atoms with van der Waals surface area (Å²) >= 11 is 0. The normalized spacial score (nSPS) is 10.7. The summed E-state index contributed by atoms with van der Waals surface area (Å²) in [5, 5.41) is 9.22. The first-order valence-corrected chi connectivity index (χ1v) is 12.1. The number of aryl methyl sites for hydroxylation is 2. The van der Waals surface area contributed by atoms with Crippen LogP contribution in [0.2, 0.25) is 0 Å². The Morgan fingerprint density at radius 2 is 1.08 bits per heavy atom. The van der Waals surface area contributed by atoms with Crippen molar-refractivity contribution in [2.75, 3.05) is 0 Å². The molecule has 0 bridgehead atoms. The maximum absolute atomic E-state index is 13.6. The summed E-state index contributed by atoms with van der Waals surface area (Å²) in [6.45, 7) is 3.73. The number of hydrogen-bond acceptors (Lipinski definition) is 5. The Morgan fingerprint density at radius 1 is 0.667 bits per heavy atom. The second-order valence-electron chi connectivity index (χ2n) is 8.91. The van der Waals surface area contributed by atoms with Gasteiger partial charge in [-0.2, -0.15) is 22.3 Å². The fourth-order valence-electron chi connectivity index (χ4n) is 4.28. The zero-order valence-corrected chi connectivity index (χ0v) is 23.4. The molecule has 6 aromatic rings. The van der Waals surface area contributed by atoms with Gasteiger partial charge in [-0.25, -0.2) is 12.1 Å². The maximum Gasteiger partial charge on any atom is 2.00 e. The number of aromatic nitrogens is 6. The molecule has 39 heavy (non-hydrogen) atoms. The van der Waals surface area contributed by atoms with Crippen molar-refractivity contribution in [3.8, 4) is 33.9 Å². The van der Waals surface area contributed by atoms with E-state index in [1.54, 1.807) is 21.8 Å². The van der Waals surface area contributed by atoms with Crippen LogP contribution in [-0.4, -0.2) is 35.3 Å². The van der Waals surface area contributed by atoms with Gasteiger partial charge in [0.25, 0.3) is 0 Å². The van der Waals surface area contributed by atoms with Gasteiger partial charge in [-0.1, -0.05) is 73.1 Å². The molecule has 0 unspecified atom stereocenters. The SMILES string of the molecule is Cc1cn(-c2[c-]cnc(-c3ccccc3)c2)nc1C(=O)c1nn(-c2[c-]cnc(-c3ccccc3)c2)cc1C.[Pt+2]. The van der Waals surface area contributed by atoms with E-state index in [0.29, 0.717) is 22.8 Å². The van der Waals surface area contributed by atoms with E-state index in [2.05, 4.69) is 32.3 Å². The molecule has 0 saturated heterocycles. The van der Waals surface area contributed by atoms with Gasteiger partial charge in [-0.15, -0.1) is 11.4 Å². The van der Waals surface area contributed by atoms with Gasteiger partial charge in [0.1, 0.15) is 11.4 Å². The maximum atomic E-state index is 13.6. The number of carbonyl (C=O) groups excluding carboxylic acids is 1. The van der Waals surface area contributed by atoms with Gasteiger partial charge in [-0.05, 0) is 47.5 Å². The molecule has 192 valence electrons. The van der Waals surface area contributed by atoms with Crippen LogP contribution in [0.3, 0.4) is 0 Å². The zero-order chi connectivity index (χ0) is 26.1. The first-order chi connectivity index (χ1) is 18.6. The molecule has 4 heterocycles. The van der Waals surface area contributed by atoms with Crippen LogP contribution in [0.15, 0.2) is 97.6 Å². The number of rotatable bonds is 6. The van der Waals surface area contributed by atoms with E-state index in [-0.39, 0.29) is 26.8 Å². The number of hydrogen-bond donors (Lipinski definition) is 0. The summed E-state index contributed by atoms with van der Waals surface area (Å²) in [5.41, 5.74) is 7.17. The third kappa shape index (κ3) is 5.27. The van der Waals surface area contributed by atoms with Gasteiger partial charge >= 0.3 is 21.1 Å². The Bertz CT molecular complexity index is 1630. The van der Waals surface area contributed by atoms with Crippen LogP contribution in [0.5, 0.6) is 0 Å². The third-order valence-electron chi connectivity index (χ3n) is 6.24. The van der Waals surface area contributed by atoms with Crippen LogP contribution in [0.4, 0.5) is 0 Å². The molecule has 0 N–H and O–H groups in total. The average molecular weight is 690 g/mol. The second-order valence-corrected chi connectivity index (χ2v) is 8.91. The van der Waals surface area contributed by atoms with Crippen molar-refractivity contribution in [3.63, 3.8) is 0 Å². The molecule has 0 atom stereocenters. The largest absolute Gasteiger partial charge is 2.00 e. The average Bonchev–Trinajstić information content (AvgIpc) is 3.56. The Labute approximate surface area is 240 Å². The molecule has 6 rings (SSSR count). The van der Waals surface area contributed by atoms with Crippen LogP contribution in [-0.2, 0) is 21.1 Å². The summed E-state index contributed by atoms with van der Waals surface area (Å²) in [5.74, 6) is -0.243. The Balaban J connectivity index is 0.00000308. The van der Waals surface area contributed by atoms with Gasteiger partial charge in [0.05, 0.1) is 0 Å². The van der Waals surface area contributed by atoms with E-state index in [1.807, 2.05) is 99.0 Å². The molecule has 2 aromatic carbocycles. The summed E-state index contributed by atoms with van der Waals surface area (Å²) in [6, 6.07) is 29.8. The molecule has 8 heteroatoms. The standard InChI is InChI=1S/C31H22N6O.Pt/c1-21-19-36(25-13-15-32-27(17-25)23-9-5-3-6-10-23)34-29(21)31(38)30-22(2)20-37(35-30)26-14-16-33-28(18-26)24-11-7-4-8-12-24;/h3-12,15-20H,1-2H3;/q-2;+2. The topological polar surface area (TPSA) is 78.5 Å². The Kier molecular flexibility index (Phi) is 7.44. The Hall–Kier alpha value is -4.48. The molecule has 0 fully saturated rings. The van der Waals surface area contributed by atoms with Crippen molar-refractivity contribution >= 4 is 5.78 Å². The molecule has 0 amide bonds. The summed E-state index contributed by atoms with van der Waals surface area (Å²) in [4.78, 5) is 22.4. The number of nitrogens with zero attached hydrogens (tertiary/aromatic N) is 6. The predicted octanol–water partition coefficient (Wildman–Crippen LogP) is 5.63. The Morgan fingerprint density at radius 3 is 1.49 bits per heavy atom. The summed E-state index contributed by atoms with van der Waals surface area (Å²) < 4.78 is 3.32. The molecule has 0 saturated carbocycles. The van der Waals surface area contributed by atoms with Gasteiger partial charge in [0.2, 0.25) is 5.78 Å². The number of pyridine rings is 2. The first kappa shape index (κ1) is 26.1. The minimum absolute atomic E-state index is 0. The molecule has 4 aromatic heterocycles. The molecule has 0 aliphatic carbocycles. The molecular formula is C31H22N6OPt. The second kappa shape index (κ2) is 11.1. The van der Waals surface area contributed by atoms with Crippen molar-refractivity contribution < 1.29 is 25.9 Å². The fraction of sp³-hybridized carbons (Fsp3) is 0.0645. The van der Waals surface area contributed by atoms with E-state index < -0.39 is 0 Å². The van der Waals surface area contributed by atoms with Crippen LogP contribution in [0.25, 0.3) is 33.9 Å². The van der Waals surface area contributed by atoms with Gasteiger partial charge in [-0.3, -0.25) is 24.1 Å². The number of carbonyl (C=O) groups is 1. The molecule has 0 spiro atoms. The van der Waals surface area contributed by atoms with E-state index in [9.17, 15) is 4.79 Å². The van der Waals surface area contributed by atoms with Crippen LogP contribution >= 0.6 is 0 Å². The molecular weight excluding hydrogens is 667 g/mol. The zero-order valence-electron chi connectivity index (χ0n) is 21.1. The van der Waals surface area contributed by atoms with Crippen molar-refractivity contribution in [1.82, 2.24) is 29.5 Å². The monoisotopic (exact) mass is 689 g/mol. The number of ketones is 1. The van der Waals surface area contributed by atoms with Crippen LogP contribution < -0.4 is 0 Å². The van der Waals surface area contributed by atoms with E-state index in [4.69, 9.17) is 0 Å². The van der Waals surface area contributed by atoms with Crippen molar-refractivity contribution in [3.05, 3.63) is 132 Å². The number of benzene rings is 2. The van der Waals surface area contributed by atoms with Crippen LogP contribution in [0.1, 0.15) is 27.3 Å². The first-order valence-electron chi connectivity index (χ1n) is 12.1. The molecule has 0 aliphatic rings. The summed E-state index contributed by atoms with van der Waals surface area (Å²) in [6.07, 6.45) is 6.89. The van der Waals surface area contributed by atoms with Crippen LogP contribution in [0, 0.1) is 26.0 Å². The van der Waals surface area contributed by atoms with E-state index in [0.717, 1.165) is 33.6 Å². The van der Waals surface area contributed by atoms with E-state index in [1.165, 1.54) is 0 Å². The minimum Gasteiger partial charge on any atom is -0.296 e. The third-order valence-corrected chi connectivity index (χ3v) is 6.24. The van der Waals surface area contributed by atoms with Crippen molar-refractivity contribution in [1.29, 1.82) is 0 Å². The fourth-order valence-corrected chi connectivity index (χ4v) is 4.28. The van der Waals surface area contributed by atoms with E-state index >= 15 is 0 Å². The van der Waals surface area contributed by atoms with Gasteiger partial charge in [0.15, 0.2) is 0 Å². The molecule has 0 radical (unpaired) electrons. The molecule has 0 aliphatic heterocycles. The summed E-state index contributed by atoms with van der Waals surface area (Å²) in [7, 11) is 0. The smallest absolute Gasteiger partial charge is 0.296 e. The minimum atomic E-state index is -0.243. The van der Waals surface area contributed by atoms with Gasteiger partial charge < -0.3 is 0 Å². The van der Waals surface area contributed by atoms with Crippen molar-refractivity contribution in [2.45, 2.75) is 13.8 Å². The predicted molar refractivity (Wildman–Crippen MR) is 144 cm³/mol. The molecule has 7 nitrogen and oxygen atoms in total. The quantitative estimate of drug-likeness (QED) is 0.168. The van der Waals surface area contributed by atoms with Crippen molar-refractivity contribution in [2.24, 2.45) is 0 Å². The van der Waals surface area contributed by atoms with Gasteiger partial charge in [0, 0.05) is 12.4 Å².